The molecule has 2 heterocycles. The summed E-state index contributed by atoms with van der Waals surface area (Å²) < 4.78 is 30.5. The van der Waals surface area contributed by atoms with Crippen LogP contribution in [-0.4, -0.2) is 41.6 Å². The van der Waals surface area contributed by atoms with Gasteiger partial charge in [0.25, 0.3) is 0 Å². The number of nitrogens with one attached hydrogen (secondary N) is 1. The number of sulfonamides is 1. The molecule has 0 unspecified atom stereocenters. The van der Waals surface area contributed by atoms with Crippen molar-refractivity contribution >= 4 is 38.2 Å². The topological polar surface area (TPSA) is 98.2 Å². The summed E-state index contributed by atoms with van der Waals surface area (Å²) in [5.41, 5.74) is 2.57. The van der Waals surface area contributed by atoms with Gasteiger partial charge in [0.05, 0.1) is 27.3 Å². The Hall–Kier alpha value is -2.36. The molecule has 1 aromatic carbocycles. The summed E-state index contributed by atoms with van der Waals surface area (Å²) in [5, 5.41) is 1.95. The molecule has 0 atom stereocenters. The van der Waals surface area contributed by atoms with Crippen molar-refractivity contribution in [3.63, 3.8) is 0 Å². The minimum atomic E-state index is -2.94. The van der Waals surface area contributed by atoms with Crippen molar-refractivity contribution in [2.24, 2.45) is 11.8 Å². The summed E-state index contributed by atoms with van der Waals surface area (Å²) in [5.74, 6) is 2.04. The number of aromatic nitrogens is 2. The Morgan fingerprint density at radius 2 is 1.57 bits per heavy atom. The molecule has 0 radical (unpaired) electrons. The zero-order valence-electron chi connectivity index (χ0n) is 24.7. The molecule has 1 N–H and O–H groups in total. The zero-order chi connectivity index (χ0) is 29.3. The van der Waals surface area contributed by atoms with Gasteiger partial charge in [-0.15, -0.1) is 11.3 Å². The lowest BCUT2D eigenvalue weighted by molar-refractivity contribution is -0.122. The van der Waals surface area contributed by atoms with Gasteiger partial charge in [0.1, 0.15) is 11.5 Å². The van der Waals surface area contributed by atoms with E-state index in [4.69, 9.17) is 9.72 Å². The molecule has 2 aliphatic carbocycles. The number of fused-ring (bicyclic) bond motifs is 1. The van der Waals surface area contributed by atoms with E-state index in [0.29, 0.717) is 11.7 Å². The first-order valence-electron chi connectivity index (χ1n) is 14.5. The van der Waals surface area contributed by atoms with Crippen LogP contribution in [0.4, 0.5) is 0 Å². The molecule has 0 saturated heterocycles. The van der Waals surface area contributed by atoms with Crippen LogP contribution in [0.25, 0.3) is 21.6 Å². The first-order chi connectivity index (χ1) is 19.0. The lowest BCUT2D eigenvalue weighted by atomic mass is 9.95. The minimum Gasteiger partial charge on any atom is -0.473 e. The van der Waals surface area contributed by atoms with Crippen molar-refractivity contribution < 1.29 is 17.9 Å². The van der Waals surface area contributed by atoms with Crippen molar-refractivity contribution in [1.82, 2.24) is 14.7 Å². The molecular formula is C31H45N3O4S2. The Morgan fingerprint density at radius 3 is 2.08 bits per heavy atom. The van der Waals surface area contributed by atoms with Gasteiger partial charge >= 0.3 is 0 Å². The fourth-order valence-electron chi connectivity index (χ4n) is 4.40. The third-order valence-electron chi connectivity index (χ3n) is 6.61. The van der Waals surface area contributed by atoms with E-state index in [1.54, 1.807) is 11.3 Å². The van der Waals surface area contributed by atoms with Crippen LogP contribution in [0.15, 0.2) is 41.8 Å². The lowest BCUT2D eigenvalue weighted by Gasteiger charge is -2.12. The van der Waals surface area contributed by atoms with Gasteiger partial charge in [-0.2, -0.15) is 0 Å². The number of benzene rings is 1. The molecule has 2 saturated carbocycles. The number of hydrogen-bond acceptors (Lipinski definition) is 7. The number of Topliss-reactive ketones (excluding diaryl/α,β-unsaturated/α-hetero) is 1. The van der Waals surface area contributed by atoms with E-state index in [1.165, 1.54) is 25.7 Å². The first kappa shape index (κ1) is 32.2. The highest BCUT2D eigenvalue weighted by molar-refractivity contribution is 7.90. The highest BCUT2D eigenvalue weighted by Crippen LogP contribution is 2.32. The maximum Gasteiger partial charge on any atom is 0.242 e. The Labute approximate surface area is 244 Å². The van der Waals surface area contributed by atoms with Gasteiger partial charge < -0.3 is 4.74 Å². The number of carbonyl (C=O) groups excluding carboxylic acids is 1. The quantitative estimate of drug-likeness (QED) is 0.280. The number of nitrogens with zero attached hydrogens (tertiary/aromatic N) is 2. The van der Waals surface area contributed by atoms with E-state index >= 15 is 0 Å². The van der Waals surface area contributed by atoms with Gasteiger partial charge in [-0.05, 0) is 70.0 Å². The number of ether oxygens (including phenoxy) is 1. The van der Waals surface area contributed by atoms with E-state index in [9.17, 15) is 13.2 Å². The molecule has 9 heteroatoms. The first-order valence-corrected chi connectivity index (χ1v) is 16.9. The zero-order valence-corrected chi connectivity index (χ0v) is 26.4. The second-order valence-electron chi connectivity index (χ2n) is 11.5. The van der Waals surface area contributed by atoms with E-state index in [1.807, 2.05) is 83.3 Å². The van der Waals surface area contributed by atoms with Crippen LogP contribution in [0.1, 0.15) is 86.5 Å². The van der Waals surface area contributed by atoms with Gasteiger partial charge in [-0.25, -0.2) is 23.1 Å². The average molecular weight is 588 g/mol. The molecule has 0 spiro atoms. The predicted molar refractivity (Wildman–Crippen MR) is 165 cm³/mol. The summed E-state index contributed by atoms with van der Waals surface area (Å²) in [4.78, 5) is 21.7. The second kappa shape index (κ2) is 15.0. The van der Waals surface area contributed by atoms with E-state index < -0.39 is 10.0 Å². The van der Waals surface area contributed by atoms with E-state index in [0.717, 1.165) is 46.8 Å². The van der Waals surface area contributed by atoms with Crippen molar-refractivity contribution in [3.05, 3.63) is 41.8 Å². The second-order valence-corrected chi connectivity index (χ2v) is 14.4. The third kappa shape index (κ3) is 10.2. The molecule has 40 heavy (non-hydrogen) atoms. The van der Waals surface area contributed by atoms with Crippen LogP contribution < -0.4 is 9.46 Å². The molecular weight excluding hydrogens is 542 g/mol. The maximum absolute atomic E-state index is 11.3. The Balaban J connectivity index is 0.000000180. The molecule has 220 valence electrons. The van der Waals surface area contributed by atoms with Crippen LogP contribution in [0.3, 0.4) is 0 Å². The van der Waals surface area contributed by atoms with Gasteiger partial charge in [0.2, 0.25) is 15.9 Å². The molecule has 2 fully saturated rings. The van der Waals surface area contributed by atoms with Gasteiger partial charge in [0, 0.05) is 18.4 Å². The van der Waals surface area contributed by atoms with Crippen LogP contribution in [0, 0.1) is 11.8 Å². The van der Waals surface area contributed by atoms with Crippen molar-refractivity contribution in [2.75, 3.05) is 0 Å². The van der Waals surface area contributed by atoms with Crippen LogP contribution in [-0.2, 0) is 14.8 Å². The lowest BCUT2D eigenvalue weighted by Crippen LogP contribution is -2.32. The standard InChI is InChI=1S/C15H14N2OS.C10H18O.C6H13NO2S/c1-10(2)18-15-14(13-8-5-9-19-13)16-11-6-3-4-7-12(11)17-15;1-8(2)10(11)7-9-5-3-4-6-9;1-5(2)7-10(8,9)6-3-4-6/h3-10H,1-2H3;8-9H,3-7H2,1-2H3;5-7H,3-4H2,1-2H3. The van der Waals surface area contributed by atoms with Crippen molar-refractivity contribution in [2.45, 2.75) is 104 Å². The highest BCUT2D eigenvalue weighted by atomic mass is 32.2. The Morgan fingerprint density at radius 1 is 0.950 bits per heavy atom. The molecule has 0 amide bonds. The molecule has 7 nitrogen and oxygen atoms in total. The number of hydrogen-bond donors (Lipinski definition) is 1. The number of rotatable bonds is 9. The Kier molecular flexibility index (Phi) is 12.1. The van der Waals surface area contributed by atoms with Gasteiger partial charge in [-0.3, -0.25) is 4.79 Å². The normalized spacial score (nSPS) is 15.6. The fourth-order valence-corrected chi connectivity index (χ4v) is 6.71. The summed E-state index contributed by atoms with van der Waals surface area (Å²) in [6, 6.07) is 11.9. The maximum atomic E-state index is 11.3. The number of thiophene rings is 1. The number of carbonyl (C=O) groups is 1. The van der Waals surface area contributed by atoms with Gasteiger partial charge in [-0.1, -0.05) is 57.7 Å². The SMILES string of the molecule is CC(C)C(=O)CC1CCCC1.CC(C)NS(=O)(=O)C1CC1.CC(C)Oc1nc2ccccc2nc1-c1cccs1. The van der Waals surface area contributed by atoms with Crippen LogP contribution >= 0.6 is 11.3 Å². The Bertz CT molecular complexity index is 1310. The summed E-state index contributed by atoms with van der Waals surface area (Å²) in [6.45, 7) is 11.7. The largest absolute Gasteiger partial charge is 0.473 e. The summed E-state index contributed by atoms with van der Waals surface area (Å²) in [6.07, 6.45) is 7.86. The van der Waals surface area contributed by atoms with Crippen molar-refractivity contribution in [3.8, 4) is 16.5 Å². The molecule has 0 bridgehead atoms. The average Bonchev–Trinajstić information content (AvgIpc) is 3.38. The molecule has 2 aliphatic rings. The van der Waals surface area contributed by atoms with E-state index in [-0.39, 0.29) is 23.3 Å². The van der Waals surface area contributed by atoms with Crippen LogP contribution in [0.5, 0.6) is 5.88 Å². The van der Waals surface area contributed by atoms with Gasteiger partial charge in [0.15, 0.2) is 0 Å². The summed E-state index contributed by atoms with van der Waals surface area (Å²) >= 11 is 1.64. The monoisotopic (exact) mass is 587 g/mol. The third-order valence-corrected chi connectivity index (χ3v) is 9.64. The fraction of sp³-hybridized carbons (Fsp3) is 0.581. The summed E-state index contributed by atoms with van der Waals surface area (Å²) in [7, 11) is -2.94. The molecule has 2 aromatic heterocycles. The van der Waals surface area contributed by atoms with Crippen LogP contribution in [0.2, 0.25) is 0 Å². The molecule has 3 aromatic rings. The molecule has 5 rings (SSSR count). The predicted octanol–water partition coefficient (Wildman–Crippen LogP) is 7.41. The van der Waals surface area contributed by atoms with E-state index in [2.05, 4.69) is 9.71 Å². The van der Waals surface area contributed by atoms with Crippen molar-refractivity contribution in [1.29, 1.82) is 0 Å². The minimum absolute atomic E-state index is 0.0330. The molecule has 0 aliphatic heterocycles. The smallest absolute Gasteiger partial charge is 0.242 e. The highest BCUT2D eigenvalue weighted by Gasteiger charge is 2.35. The number of ketones is 1. The number of para-hydroxylation sites is 2.